The highest BCUT2D eigenvalue weighted by Crippen LogP contribution is 2.11. The Kier molecular flexibility index (Phi) is 4.25. The Morgan fingerprint density at radius 1 is 1.39 bits per heavy atom. The molecule has 1 amide bonds. The smallest absolute Gasteiger partial charge is 0.257 e. The van der Waals surface area contributed by atoms with Crippen molar-refractivity contribution in [3.8, 4) is 0 Å². The van der Waals surface area contributed by atoms with Gasteiger partial charge in [0.15, 0.2) is 5.82 Å². The summed E-state index contributed by atoms with van der Waals surface area (Å²) in [6.45, 7) is 6.27. The maximum atomic E-state index is 13.5. The molecule has 0 atom stereocenters. The van der Waals surface area contributed by atoms with E-state index in [1.807, 2.05) is 0 Å². The van der Waals surface area contributed by atoms with Crippen LogP contribution < -0.4 is 0 Å². The van der Waals surface area contributed by atoms with Crippen molar-refractivity contribution in [2.45, 2.75) is 13.3 Å². The van der Waals surface area contributed by atoms with E-state index in [-0.39, 0.29) is 11.5 Å². The third kappa shape index (κ3) is 2.85. The summed E-state index contributed by atoms with van der Waals surface area (Å²) >= 11 is 0. The fourth-order valence-electron chi connectivity index (χ4n) is 2.21. The molecular formula is C13H18FN3O. The lowest BCUT2D eigenvalue weighted by Crippen LogP contribution is -2.48. The van der Waals surface area contributed by atoms with Gasteiger partial charge < -0.3 is 4.90 Å². The van der Waals surface area contributed by atoms with Crippen molar-refractivity contribution in [2.24, 2.45) is 0 Å². The van der Waals surface area contributed by atoms with E-state index in [1.165, 1.54) is 12.3 Å². The molecule has 0 saturated carbocycles. The summed E-state index contributed by atoms with van der Waals surface area (Å²) in [7, 11) is 0. The van der Waals surface area contributed by atoms with E-state index in [0.717, 1.165) is 32.3 Å². The van der Waals surface area contributed by atoms with Crippen LogP contribution in [-0.4, -0.2) is 53.4 Å². The number of carbonyl (C=O) groups excluding carboxylic acids is 1. The zero-order valence-electron chi connectivity index (χ0n) is 10.6. The maximum absolute atomic E-state index is 13.5. The first-order valence-electron chi connectivity index (χ1n) is 6.33. The first-order valence-corrected chi connectivity index (χ1v) is 6.33. The first-order chi connectivity index (χ1) is 8.72. The van der Waals surface area contributed by atoms with Crippen LogP contribution in [0.4, 0.5) is 4.39 Å². The SMILES string of the molecule is CCCN1CCN(C(=O)c2ccncc2F)CC1. The Morgan fingerprint density at radius 3 is 2.72 bits per heavy atom. The van der Waals surface area contributed by atoms with Gasteiger partial charge in [0.2, 0.25) is 0 Å². The van der Waals surface area contributed by atoms with Gasteiger partial charge in [0.25, 0.3) is 5.91 Å². The van der Waals surface area contributed by atoms with E-state index in [2.05, 4.69) is 16.8 Å². The lowest BCUT2D eigenvalue weighted by atomic mass is 10.2. The molecule has 4 nitrogen and oxygen atoms in total. The molecule has 0 spiro atoms. The van der Waals surface area contributed by atoms with E-state index < -0.39 is 5.82 Å². The minimum Gasteiger partial charge on any atom is -0.336 e. The minimum atomic E-state index is -0.543. The van der Waals surface area contributed by atoms with Crippen molar-refractivity contribution in [1.29, 1.82) is 0 Å². The fraction of sp³-hybridized carbons (Fsp3) is 0.538. The molecule has 1 aliphatic rings. The molecule has 0 bridgehead atoms. The van der Waals surface area contributed by atoms with Crippen LogP contribution in [0.15, 0.2) is 18.5 Å². The van der Waals surface area contributed by atoms with E-state index >= 15 is 0 Å². The number of halogens is 1. The number of hydrogen-bond donors (Lipinski definition) is 0. The van der Waals surface area contributed by atoms with E-state index in [0.29, 0.717) is 13.1 Å². The molecule has 0 aliphatic carbocycles. The molecule has 0 radical (unpaired) electrons. The quantitative estimate of drug-likeness (QED) is 0.814. The molecule has 2 heterocycles. The van der Waals surface area contributed by atoms with Crippen LogP contribution in [0.25, 0.3) is 0 Å². The molecule has 1 fully saturated rings. The second-order valence-corrected chi connectivity index (χ2v) is 4.49. The molecule has 18 heavy (non-hydrogen) atoms. The van der Waals surface area contributed by atoms with Crippen LogP contribution in [0.1, 0.15) is 23.7 Å². The molecular weight excluding hydrogens is 233 g/mol. The third-order valence-electron chi connectivity index (χ3n) is 3.20. The van der Waals surface area contributed by atoms with Gasteiger partial charge in [-0.1, -0.05) is 6.92 Å². The minimum absolute atomic E-state index is 0.119. The summed E-state index contributed by atoms with van der Waals surface area (Å²) in [6, 6.07) is 1.44. The van der Waals surface area contributed by atoms with Crippen LogP contribution in [0.2, 0.25) is 0 Å². The Labute approximate surface area is 106 Å². The molecule has 1 aromatic rings. The molecule has 1 saturated heterocycles. The number of amides is 1. The van der Waals surface area contributed by atoms with Crippen LogP contribution >= 0.6 is 0 Å². The number of hydrogen-bond acceptors (Lipinski definition) is 3. The van der Waals surface area contributed by atoms with Crippen molar-refractivity contribution >= 4 is 5.91 Å². The lowest BCUT2D eigenvalue weighted by molar-refractivity contribution is 0.0633. The number of aromatic nitrogens is 1. The molecule has 0 N–H and O–H groups in total. The van der Waals surface area contributed by atoms with Crippen LogP contribution in [0.5, 0.6) is 0 Å². The number of pyridine rings is 1. The molecule has 5 heteroatoms. The normalized spacial score (nSPS) is 16.9. The number of piperazine rings is 1. The zero-order chi connectivity index (χ0) is 13.0. The van der Waals surface area contributed by atoms with Crippen molar-refractivity contribution in [3.05, 3.63) is 29.8 Å². The van der Waals surface area contributed by atoms with Crippen molar-refractivity contribution in [1.82, 2.24) is 14.8 Å². The molecule has 2 rings (SSSR count). The Hall–Kier alpha value is -1.49. The molecule has 98 valence electrons. The Balaban J connectivity index is 1.98. The van der Waals surface area contributed by atoms with E-state index in [9.17, 15) is 9.18 Å². The highest BCUT2D eigenvalue weighted by molar-refractivity contribution is 5.94. The summed E-state index contributed by atoms with van der Waals surface area (Å²) in [5, 5.41) is 0. The van der Waals surface area contributed by atoms with Crippen molar-refractivity contribution < 1.29 is 9.18 Å². The Bertz CT molecular complexity index is 416. The summed E-state index contributed by atoms with van der Waals surface area (Å²) in [6.07, 6.45) is 3.65. The van der Waals surface area contributed by atoms with Crippen molar-refractivity contribution in [3.63, 3.8) is 0 Å². The fourth-order valence-corrected chi connectivity index (χ4v) is 2.21. The summed E-state index contributed by atoms with van der Waals surface area (Å²) in [5.41, 5.74) is 0.119. The largest absolute Gasteiger partial charge is 0.336 e. The van der Waals surface area contributed by atoms with Gasteiger partial charge in [-0.3, -0.25) is 14.7 Å². The molecule has 0 unspecified atom stereocenters. The van der Waals surface area contributed by atoms with Gasteiger partial charge >= 0.3 is 0 Å². The summed E-state index contributed by atoms with van der Waals surface area (Å²) in [4.78, 5) is 19.8. The van der Waals surface area contributed by atoms with Gasteiger partial charge in [0.05, 0.1) is 11.8 Å². The summed E-state index contributed by atoms with van der Waals surface area (Å²) in [5.74, 6) is -0.774. The standard InChI is InChI=1S/C13H18FN3O/c1-2-5-16-6-8-17(9-7-16)13(18)11-3-4-15-10-12(11)14/h3-4,10H,2,5-9H2,1H3. The lowest BCUT2D eigenvalue weighted by Gasteiger charge is -2.34. The van der Waals surface area contributed by atoms with Crippen LogP contribution in [0.3, 0.4) is 0 Å². The Morgan fingerprint density at radius 2 is 2.11 bits per heavy atom. The van der Waals surface area contributed by atoms with E-state index in [4.69, 9.17) is 0 Å². The second kappa shape index (κ2) is 5.91. The zero-order valence-corrected chi connectivity index (χ0v) is 10.6. The molecule has 0 aromatic carbocycles. The highest BCUT2D eigenvalue weighted by Gasteiger charge is 2.23. The average molecular weight is 251 g/mol. The van der Waals surface area contributed by atoms with Gasteiger partial charge in [-0.15, -0.1) is 0 Å². The van der Waals surface area contributed by atoms with Crippen LogP contribution in [0, 0.1) is 5.82 Å². The second-order valence-electron chi connectivity index (χ2n) is 4.49. The van der Waals surface area contributed by atoms with Gasteiger partial charge in [-0.25, -0.2) is 4.39 Å². The topological polar surface area (TPSA) is 36.4 Å². The number of carbonyl (C=O) groups is 1. The van der Waals surface area contributed by atoms with Gasteiger partial charge in [-0.2, -0.15) is 0 Å². The third-order valence-corrected chi connectivity index (χ3v) is 3.20. The monoisotopic (exact) mass is 251 g/mol. The predicted octanol–water partition coefficient (Wildman–Crippen LogP) is 1.39. The average Bonchev–Trinajstić information content (AvgIpc) is 2.40. The highest BCUT2D eigenvalue weighted by atomic mass is 19.1. The van der Waals surface area contributed by atoms with Gasteiger partial charge in [-0.05, 0) is 19.0 Å². The van der Waals surface area contributed by atoms with Gasteiger partial charge in [0, 0.05) is 32.4 Å². The summed E-state index contributed by atoms with van der Waals surface area (Å²) < 4.78 is 13.5. The first kappa shape index (κ1) is 13.0. The molecule has 1 aliphatic heterocycles. The van der Waals surface area contributed by atoms with Gasteiger partial charge in [0.1, 0.15) is 0 Å². The molecule has 1 aromatic heterocycles. The van der Waals surface area contributed by atoms with Crippen LogP contribution in [-0.2, 0) is 0 Å². The maximum Gasteiger partial charge on any atom is 0.257 e. The predicted molar refractivity (Wildman–Crippen MR) is 66.8 cm³/mol. The van der Waals surface area contributed by atoms with Crippen molar-refractivity contribution in [2.75, 3.05) is 32.7 Å². The van der Waals surface area contributed by atoms with E-state index in [1.54, 1.807) is 4.90 Å². The number of rotatable bonds is 3. The number of nitrogens with zero attached hydrogens (tertiary/aromatic N) is 3.